The molecule has 0 amide bonds. The summed E-state index contributed by atoms with van der Waals surface area (Å²) in [6.45, 7) is 8.93. The van der Waals surface area contributed by atoms with E-state index in [2.05, 4.69) is 28.5 Å². The first kappa shape index (κ1) is 20.1. The van der Waals surface area contributed by atoms with Gasteiger partial charge in [0, 0.05) is 65.6 Å². The molecule has 2 saturated heterocycles. The molecule has 0 radical (unpaired) electrons. The number of nitrogens with zero attached hydrogens (tertiary/aromatic N) is 3. The molecular formula is C16H34N4O3S. The molecule has 2 aliphatic rings. The summed E-state index contributed by atoms with van der Waals surface area (Å²) in [5.74, 6) is 0.485. The van der Waals surface area contributed by atoms with E-state index in [-0.39, 0.29) is 0 Å². The Morgan fingerprint density at radius 1 is 1.12 bits per heavy atom. The Morgan fingerprint density at radius 2 is 1.75 bits per heavy atom. The molecule has 0 aromatic carbocycles. The Bertz CT molecular complexity index is 458. The van der Waals surface area contributed by atoms with Crippen LogP contribution in [0.5, 0.6) is 0 Å². The van der Waals surface area contributed by atoms with E-state index in [9.17, 15) is 8.42 Å². The van der Waals surface area contributed by atoms with Crippen molar-refractivity contribution in [3.63, 3.8) is 0 Å². The smallest absolute Gasteiger partial charge is 0.279 e. The fourth-order valence-corrected chi connectivity index (χ4v) is 4.74. The van der Waals surface area contributed by atoms with Gasteiger partial charge in [0.1, 0.15) is 0 Å². The molecule has 2 heterocycles. The highest BCUT2D eigenvalue weighted by molar-refractivity contribution is 7.87. The third kappa shape index (κ3) is 5.93. The Morgan fingerprint density at radius 3 is 2.33 bits per heavy atom. The summed E-state index contributed by atoms with van der Waals surface area (Å²) >= 11 is 0. The molecule has 24 heavy (non-hydrogen) atoms. The Labute approximate surface area is 147 Å². The maximum absolute atomic E-state index is 12.4. The van der Waals surface area contributed by atoms with Crippen molar-refractivity contribution in [2.45, 2.75) is 32.2 Å². The van der Waals surface area contributed by atoms with Crippen LogP contribution in [-0.2, 0) is 14.9 Å². The topological polar surface area (TPSA) is 65.1 Å². The van der Waals surface area contributed by atoms with Crippen molar-refractivity contribution in [1.29, 1.82) is 0 Å². The minimum absolute atomic E-state index is 0.411. The van der Waals surface area contributed by atoms with Crippen LogP contribution in [0.2, 0.25) is 0 Å². The highest BCUT2D eigenvalue weighted by Crippen LogP contribution is 2.19. The maximum Gasteiger partial charge on any atom is 0.279 e. The molecular weight excluding hydrogens is 328 g/mol. The van der Waals surface area contributed by atoms with E-state index in [1.165, 1.54) is 0 Å². The lowest BCUT2D eigenvalue weighted by atomic mass is 9.99. The van der Waals surface area contributed by atoms with E-state index in [1.54, 1.807) is 11.4 Å². The van der Waals surface area contributed by atoms with Gasteiger partial charge in [-0.05, 0) is 39.2 Å². The van der Waals surface area contributed by atoms with E-state index in [0.717, 1.165) is 52.0 Å². The summed E-state index contributed by atoms with van der Waals surface area (Å²) in [5.41, 5.74) is 0. The molecule has 0 saturated carbocycles. The largest absolute Gasteiger partial charge is 0.384 e. The molecule has 7 nitrogen and oxygen atoms in total. The lowest BCUT2D eigenvalue weighted by Gasteiger charge is -2.36. The molecule has 142 valence electrons. The fourth-order valence-electron chi connectivity index (χ4n) is 3.49. The van der Waals surface area contributed by atoms with Crippen LogP contribution in [0.3, 0.4) is 0 Å². The standard InChI is InChI=1S/C16H34N4O3S/c1-15(19-12-10-18(2)11-13-19)4-7-17-24(21,22)20-8-5-16(6-9-20)14-23-3/h15-17H,4-14H2,1-3H3. The zero-order chi connectivity index (χ0) is 17.6. The minimum Gasteiger partial charge on any atom is -0.384 e. The van der Waals surface area contributed by atoms with Gasteiger partial charge in [0.2, 0.25) is 0 Å². The first-order chi connectivity index (χ1) is 11.4. The number of nitrogens with one attached hydrogen (secondary N) is 1. The lowest BCUT2D eigenvalue weighted by Crippen LogP contribution is -2.49. The normalized spacial score (nSPS) is 24.3. The molecule has 1 unspecified atom stereocenters. The van der Waals surface area contributed by atoms with Crippen molar-refractivity contribution in [1.82, 2.24) is 18.8 Å². The van der Waals surface area contributed by atoms with Crippen LogP contribution in [0.25, 0.3) is 0 Å². The predicted octanol–water partition coefficient (Wildman–Crippen LogP) is 0.205. The zero-order valence-electron chi connectivity index (χ0n) is 15.4. The summed E-state index contributed by atoms with van der Waals surface area (Å²) in [5, 5.41) is 0. The van der Waals surface area contributed by atoms with Gasteiger partial charge in [0.15, 0.2) is 0 Å². The number of hydrogen-bond acceptors (Lipinski definition) is 5. The Kier molecular flexibility index (Phi) is 7.90. The van der Waals surface area contributed by atoms with Crippen LogP contribution in [0, 0.1) is 5.92 Å². The molecule has 1 N–H and O–H groups in total. The number of piperidine rings is 1. The van der Waals surface area contributed by atoms with Gasteiger partial charge in [0.05, 0.1) is 0 Å². The van der Waals surface area contributed by atoms with Crippen molar-refractivity contribution >= 4 is 10.2 Å². The Hall–Kier alpha value is -0.250. The van der Waals surface area contributed by atoms with Crippen molar-refractivity contribution in [3.05, 3.63) is 0 Å². The van der Waals surface area contributed by atoms with E-state index in [4.69, 9.17) is 4.74 Å². The van der Waals surface area contributed by atoms with E-state index >= 15 is 0 Å². The second kappa shape index (κ2) is 9.45. The van der Waals surface area contributed by atoms with Gasteiger partial charge in [-0.1, -0.05) is 0 Å². The number of methoxy groups -OCH3 is 1. The lowest BCUT2D eigenvalue weighted by molar-refractivity contribution is 0.115. The monoisotopic (exact) mass is 362 g/mol. The van der Waals surface area contributed by atoms with Gasteiger partial charge in [-0.25, -0.2) is 4.72 Å². The molecule has 0 aromatic heterocycles. The van der Waals surface area contributed by atoms with Crippen molar-refractivity contribution in [2.75, 3.05) is 66.6 Å². The summed E-state index contributed by atoms with van der Waals surface area (Å²) in [4.78, 5) is 4.78. The molecule has 2 fully saturated rings. The highest BCUT2D eigenvalue weighted by atomic mass is 32.2. The van der Waals surface area contributed by atoms with Crippen LogP contribution < -0.4 is 4.72 Å². The van der Waals surface area contributed by atoms with Crippen LogP contribution in [0.15, 0.2) is 0 Å². The van der Waals surface area contributed by atoms with Gasteiger partial charge in [-0.2, -0.15) is 12.7 Å². The number of hydrogen-bond donors (Lipinski definition) is 1. The summed E-state index contributed by atoms with van der Waals surface area (Å²) < 4.78 is 34.4. The number of ether oxygens (including phenoxy) is 1. The van der Waals surface area contributed by atoms with E-state index < -0.39 is 10.2 Å². The second-order valence-corrected chi connectivity index (χ2v) is 8.93. The molecule has 1 atom stereocenters. The van der Waals surface area contributed by atoms with Gasteiger partial charge in [0.25, 0.3) is 10.2 Å². The molecule has 0 bridgehead atoms. The quantitative estimate of drug-likeness (QED) is 0.668. The predicted molar refractivity (Wildman–Crippen MR) is 96.2 cm³/mol. The van der Waals surface area contributed by atoms with Gasteiger partial charge >= 0.3 is 0 Å². The van der Waals surface area contributed by atoms with Crippen molar-refractivity contribution < 1.29 is 13.2 Å². The summed E-state index contributed by atoms with van der Waals surface area (Å²) in [6, 6.07) is 0.411. The molecule has 8 heteroatoms. The summed E-state index contributed by atoms with van der Waals surface area (Å²) in [7, 11) is 0.504. The summed E-state index contributed by atoms with van der Waals surface area (Å²) in [6.07, 6.45) is 2.61. The van der Waals surface area contributed by atoms with Crippen LogP contribution in [-0.4, -0.2) is 95.1 Å². The second-order valence-electron chi connectivity index (χ2n) is 7.17. The molecule has 0 spiro atoms. The first-order valence-corrected chi connectivity index (χ1v) is 10.5. The third-order valence-corrected chi connectivity index (χ3v) is 6.94. The van der Waals surface area contributed by atoms with Crippen molar-refractivity contribution in [2.24, 2.45) is 5.92 Å². The number of piperazine rings is 1. The van der Waals surface area contributed by atoms with Crippen molar-refractivity contribution in [3.8, 4) is 0 Å². The first-order valence-electron chi connectivity index (χ1n) is 9.08. The number of rotatable bonds is 8. The van der Waals surface area contributed by atoms with Gasteiger partial charge in [-0.15, -0.1) is 0 Å². The Balaban J connectivity index is 1.69. The third-order valence-electron chi connectivity index (χ3n) is 5.32. The van der Waals surface area contributed by atoms with Gasteiger partial charge < -0.3 is 9.64 Å². The van der Waals surface area contributed by atoms with Crippen LogP contribution >= 0.6 is 0 Å². The zero-order valence-corrected chi connectivity index (χ0v) is 16.2. The average molecular weight is 363 g/mol. The SMILES string of the molecule is COCC1CCN(S(=O)(=O)NCCC(C)N2CCN(C)CC2)CC1. The minimum atomic E-state index is -3.34. The molecule has 2 rings (SSSR count). The average Bonchev–Trinajstić information content (AvgIpc) is 2.56. The molecule has 0 aromatic rings. The maximum atomic E-state index is 12.4. The number of likely N-dealkylation sites (N-methyl/N-ethyl adjacent to an activating group) is 1. The van der Waals surface area contributed by atoms with E-state index in [1.807, 2.05) is 0 Å². The van der Waals surface area contributed by atoms with Crippen LogP contribution in [0.1, 0.15) is 26.2 Å². The molecule has 2 aliphatic heterocycles. The van der Waals surface area contributed by atoms with Gasteiger partial charge in [-0.3, -0.25) is 4.90 Å². The van der Waals surface area contributed by atoms with E-state index in [0.29, 0.717) is 31.6 Å². The highest BCUT2D eigenvalue weighted by Gasteiger charge is 2.28. The van der Waals surface area contributed by atoms with Crippen LogP contribution in [0.4, 0.5) is 0 Å². The molecule has 0 aliphatic carbocycles. The fraction of sp³-hybridized carbons (Fsp3) is 1.00.